The fraction of sp³-hybridized carbons (Fsp3) is 0.333. The molecular weight excluding hydrogens is 224 g/mol. The van der Waals surface area contributed by atoms with E-state index in [4.69, 9.17) is 21.3 Å². The summed E-state index contributed by atoms with van der Waals surface area (Å²) in [6, 6.07) is 8.13. The normalized spacial score (nSPS) is 17.2. The molecule has 1 heterocycles. The van der Waals surface area contributed by atoms with E-state index in [2.05, 4.69) is 11.1 Å². The van der Waals surface area contributed by atoms with Gasteiger partial charge < -0.3 is 4.42 Å². The van der Waals surface area contributed by atoms with Gasteiger partial charge in [-0.25, -0.2) is 4.98 Å². The molecule has 16 heavy (non-hydrogen) atoms. The standard InChI is InChI=1S/C12H9ClN2O/c13-6-11-15-9-2-1-8(5-10(9)16-11)12(7-14)3-4-12/h1-2,5H,3-4,6H2. The van der Waals surface area contributed by atoms with E-state index in [9.17, 15) is 0 Å². The molecule has 0 radical (unpaired) electrons. The minimum atomic E-state index is -0.276. The van der Waals surface area contributed by atoms with E-state index >= 15 is 0 Å². The number of aromatic nitrogens is 1. The van der Waals surface area contributed by atoms with Crippen molar-refractivity contribution in [3.63, 3.8) is 0 Å². The zero-order valence-electron chi connectivity index (χ0n) is 8.53. The molecule has 1 aromatic carbocycles. The number of nitriles is 1. The Morgan fingerprint density at radius 3 is 2.94 bits per heavy atom. The van der Waals surface area contributed by atoms with E-state index in [-0.39, 0.29) is 11.3 Å². The zero-order valence-corrected chi connectivity index (χ0v) is 9.29. The number of halogens is 1. The van der Waals surface area contributed by atoms with Crippen LogP contribution in [0.3, 0.4) is 0 Å². The quantitative estimate of drug-likeness (QED) is 0.748. The van der Waals surface area contributed by atoms with Crippen LogP contribution in [0.15, 0.2) is 22.6 Å². The highest BCUT2D eigenvalue weighted by Gasteiger charge is 2.45. The van der Waals surface area contributed by atoms with Crippen LogP contribution in [0.25, 0.3) is 11.1 Å². The smallest absolute Gasteiger partial charge is 0.210 e. The van der Waals surface area contributed by atoms with E-state index in [0.717, 1.165) is 29.5 Å². The van der Waals surface area contributed by atoms with E-state index in [0.29, 0.717) is 5.89 Å². The largest absolute Gasteiger partial charge is 0.439 e. The van der Waals surface area contributed by atoms with Gasteiger partial charge in [0.15, 0.2) is 5.58 Å². The third kappa shape index (κ3) is 1.30. The monoisotopic (exact) mass is 232 g/mol. The van der Waals surface area contributed by atoms with Gasteiger partial charge in [-0.2, -0.15) is 5.26 Å². The molecule has 2 aromatic rings. The number of oxazole rings is 1. The van der Waals surface area contributed by atoms with Crippen molar-refractivity contribution < 1.29 is 4.42 Å². The minimum Gasteiger partial charge on any atom is -0.439 e. The predicted molar refractivity (Wildman–Crippen MR) is 60.1 cm³/mol. The average Bonchev–Trinajstić information content (AvgIpc) is 3.01. The molecule has 0 saturated heterocycles. The molecule has 80 valence electrons. The topological polar surface area (TPSA) is 49.8 Å². The van der Waals surface area contributed by atoms with Crippen molar-refractivity contribution in [1.82, 2.24) is 4.98 Å². The third-order valence-electron chi connectivity index (χ3n) is 3.06. The van der Waals surface area contributed by atoms with Crippen LogP contribution < -0.4 is 0 Å². The van der Waals surface area contributed by atoms with Crippen LogP contribution in [0, 0.1) is 11.3 Å². The molecule has 0 spiro atoms. The van der Waals surface area contributed by atoms with Crippen LogP contribution in [-0.4, -0.2) is 4.98 Å². The van der Waals surface area contributed by atoms with Crippen LogP contribution in [0.5, 0.6) is 0 Å². The highest BCUT2D eigenvalue weighted by atomic mass is 35.5. The number of hydrogen-bond acceptors (Lipinski definition) is 3. The van der Waals surface area contributed by atoms with Gasteiger partial charge in [0.25, 0.3) is 0 Å². The van der Waals surface area contributed by atoms with Crippen molar-refractivity contribution in [1.29, 1.82) is 5.26 Å². The van der Waals surface area contributed by atoms with Gasteiger partial charge in [0.05, 0.1) is 17.4 Å². The number of fused-ring (bicyclic) bond motifs is 1. The molecule has 0 atom stereocenters. The second kappa shape index (κ2) is 3.23. The number of hydrogen-bond donors (Lipinski definition) is 0. The summed E-state index contributed by atoms with van der Waals surface area (Å²) in [5.74, 6) is 0.795. The Balaban J connectivity index is 2.13. The first-order chi connectivity index (χ1) is 7.77. The summed E-state index contributed by atoms with van der Waals surface area (Å²) in [6.45, 7) is 0. The molecule has 1 aliphatic rings. The van der Waals surface area contributed by atoms with Crippen molar-refractivity contribution in [2.75, 3.05) is 0 Å². The Hall–Kier alpha value is -1.53. The lowest BCUT2D eigenvalue weighted by Crippen LogP contribution is -2.01. The fourth-order valence-corrected chi connectivity index (χ4v) is 2.03. The average molecular weight is 233 g/mol. The molecular formula is C12H9ClN2O. The first-order valence-corrected chi connectivity index (χ1v) is 5.68. The molecule has 0 aliphatic heterocycles. The zero-order chi connectivity index (χ0) is 11.2. The maximum Gasteiger partial charge on any atom is 0.210 e. The lowest BCUT2D eigenvalue weighted by atomic mass is 9.98. The van der Waals surface area contributed by atoms with Gasteiger partial charge in [-0.05, 0) is 30.5 Å². The molecule has 3 rings (SSSR count). The third-order valence-corrected chi connectivity index (χ3v) is 3.29. The maximum atomic E-state index is 9.12. The summed E-state index contributed by atoms with van der Waals surface area (Å²) >= 11 is 5.66. The number of nitrogens with zero attached hydrogens (tertiary/aromatic N) is 2. The summed E-state index contributed by atoms with van der Waals surface area (Å²) in [5.41, 5.74) is 2.27. The van der Waals surface area contributed by atoms with Crippen molar-refractivity contribution in [2.24, 2.45) is 0 Å². The van der Waals surface area contributed by atoms with Gasteiger partial charge in [-0.1, -0.05) is 6.07 Å². The van der Waals surface area contributed by atoms with Gasteiger partial charge in [0.2, 0.25) is 5.89 Å². The van der Waals surface area contributed by atoms with E-state index in [1.165, 1.54) is 0 Å². The van der Waals surface area contributed by atoms with Gasteiger partial charge in [0.1, 0.15) is 5.52 Å². The molecule has 0 amide bonds. The van der Waals surface area contributed by atoms with Crippen LogP contribution in [0.2, 0.25) is 0 Å². The van der Waals surface area contributed by atoms with E-state index in [1.54, 1.807) is 0 Å². The molecule has 0 unspecified atom stereocenters. The number of alkyl halides is 1. The van der Waals surface area contributed by atoms with Crippen molar-refractivity contribution in [3.05, 3.63) is 29.7 Å². The van der Waals surface area contributed by atoms with Crippen LogP contribution in [-0.2, 0) is 11.3 Å². The highest BCUT2D eigenvalue weighted by Crippen LogP contribution is 2.48. The Morgan fingerprint density at radius 1 is 1.50 bits per heavy atom. The maximum absolute atomic E-state index is 9.12. The second-order valence-electron chi connectivity index (χ2n) is 4.12. The summed E-state index contributed by atoms with van der Waals surface area (Å²) in [6.07, 6.45) is 1.87. The van der Waals surface area contributed by atoms with Gasteiger partial charge in [-0.15, -0.1) is 11.6 Å². The van der Waals surface area contributed by atoms with Crippen LogP contribution in [0.1, 0.15) is 24.3 Å². The predicted octanol–water partition coefficient (Wildman–Crippen LogP) is 3.12. The SMILES string of the molecule is N#CC1(c2ccc3nc(CCl)oc3c2)CC1. The van der Waals surface area contributed by atoms with E-state index in [1.807, 2.05) is 18.2 Å². The van der Waals surface area contributed by atoms with E-state index < -0.39 is 0 Å². The molecule has 0 N–H and O–H groups in total. The lowest BCUT2D eigenvalue weighted by molar-refractivity contribution is 0.554. The highest BCUT2D eigenvalue weighted by molar-refractivity contribution is 6.16. The van der Waals surface area contributed by atoms with Crippen molar-refractivity contribution >= 4 is 22.7 Å². The number of rotatable bonds is 2. The van der Waals surface area contributed by atoms with Crippen molar-refractivity contribution in [2.45, 2.75) is 24.1 Å². The summed E-state index contributed by atoms with van der Waals surface area (Å²) in [7, 11) is 0. The molecule has 3 nitrogen and oxygen atoms in total. The lowest BCUT2D eigenvalue weighted by Gasteiger charge is -2.04. The molecule has 1 saturated carbocycles. The Bertz CT molecular complexity index is 593. The Labute approximate surface area is 97.6 Å². The van der Waals surface area contributed by atoms with Gasteiger partial charge in [0, 0.05) is 0 Å². The van der Waals surface area contributed by atoms with Crippen LogP contribution >= 0.6 is 11.6 Å². The second-order valence-corrected chi connectivity index (χ2v) is 4.38. The molecule has 1 aliphatic carbocycles. The molecule has 0 bridgehead atoms. The first kappa shape index (κ1) is 9.68. The van der Waals surface area contributed by atoms with Gasteiger partial charge >= 0.3 is 0 Å². The Morgan fingerprint density at radius 2 is 2.31 bits per heavy atom. The molecule has 1 fully saturated rings. The minimum absolute atomic E-state index is 0.271. The molecule has 4 heteroatoms. The fourth-order valence-electron chi connectivity index (χ4n) is 1.92. The first-order valence-electron chi connectivity index (χ1n) is 5.15. The summed E-state index contributed by atoms with van der Waals surface area (Å²) in [5, 5.41) is 9.12. The number of benzene rings is 1. The van der Waals surface area contributed by atoms with Gasteiger partial charge in [-0.3, -0.25) is 0 Å². The van der Waals surface area contributed by atoms with Crippen molar-refractivity contribution in [3.8, 4) is 6.07 Å². The Kier molecular flexibility index (Phi) is 1.95. The summed E-state index contributed by atoms with van der Waals surface area (Å²) in [4.78, 5) is 4.22. The molecule has 1 aromatic heterocycles. The summed E-state index contributed by atoms with van der Waals surface area (Å²) < 4.78 is 5.47. The van der Waals surface area contributed by atoms with Crippen LogP contribution in [0.4, 0.5) is 0 Å².